The Balaban J connectivity index is 1.53. The molecule has 5 rings (SSSR count). The van der Waals surface area contributed by atoms with E-state index < -0.39 is 11.5 Å². The zero-order chi connectivity index (χ0) is 26.3. The van der Waals surface area contributed by atoms with Gasteiger partial charge >= 0.3 is 5.97 Å². The molecular formula is C29H33FN2O5. The van der Waals surface area contributed by atoms with Gasteiger partial charge in [0.2, 0.25) is 0 Å². The van der Waals surface area contributed by atoms with Gasteiger partial charge in [0.25, 0.3) is 0 Å². The molecule has 0 radical (unpaired) electrons. The average molecular weight is 509 g/mol. The number of nitrogens with zero attached hydrogens (tertiary/aromatic N) is 1. The maximum Gasteiger partial charge on any atom is 0.337 e. The highest BCUT2D eigenvalue weighted by molar-refractivity contribution is 6.17. The second-order valence-electron chi connectivity index (χ2n) is 10.1. The van der Waals surface area contributed by atoms with E-state index in [0.29, 0.717) is 29.7 Å². The van der Waals surface area contributed by atoms with Gasteiger partial charge in [0.1, 0.15) is 17.1 Å². The Hall–Kier alpha value is -3.39. The number of esters is 1. The van der Waals surface area contributed by atoms with E-state index in [-0.39, 0.29) is 29.5 Å². The number of Topliss-reactive ketones (excluding diaryl/α,β-unsaturated/α-hetero) is 1. The highest BCUT2D eigenvalue weighted by Gasteiger charge is 2.60. The van der Waals surface area contributed by atoms with E-state index in [0.717, 1.165) is 36.3 Å². The highest BCUT2D eigenvalue weighted by Crippen LogP contribution is 2.52. The first-order valence-corrected chi connectivity index (χ1v) is 12.7. The molecule has 8 heteroatoms. The summed E-state index contributed by atoms with van der Waals surface area (Å²) in [4.78, 5) is 29.3. The van der Waals surface area contributed by atoms with Gasteiger partial charge in [0.05, 0.1) is 38.7 Å². The van der Waals surface area contributed by atoms with Crippen LogP contribution in [-0.2, 0) is 14.3 Å². The average Bonchev–Trinajstić information content (AvgIpc) is 3.42. The molecule has 4 atom stereocenters. The van der Waals surface area contributed by atoms with Crippen LogP contribution in [0.15, 0.2) is 48.2 Å². The number of piperidine rings is 1. The number of ether oxygens (including phenoxy) is 3. The Bertz CT molecular complexity index is 1240. The Morgan fingerprint density at radius 2 is 1.95 bits per heavy atom. The van der Waals surface area contributed by atoms with Crippen LogP contribution in [0.5, 0.6) is 5.75 Å². The van der Waals surface area contributed by atoms with Crippen molar-refractivity contribution in [3.63, 3.8) is 0 Å². The van der Waals surface area contributed by atoms with Crippen LogP contribution in [0.3, 0.4) is 0 Å². The van der Waals surface area contributed by atoms with Crippen molar-refractivity contribution >= 4 is 17.4 Å². The van der Waals surface area contributed by atoms with E-state index in [2.05, 4.69) is 17.1 Å². The molecule has 196 valence electrons. The molecule has 7 nitrogen and oxygen atoms in total. The molecule has 2 aromatic carbocycles. The van der Waals surface area contributed by atoms with Gasteiger partial charge in [-0.2, -0.15) is 0 Å². The van der Waals surface area contributed by atoms with Crippen molar-refractivity contribution in [2.24, 2.45) is 11.8 Å². The molecule has 0 amide bonds. The zero-order valence-corrected chi connectivity index (χ0v) is 21.7. The van der Waals surface area contributed by atoms with E-state index in [1.54, 1.807) is 19.2 Å². The predicted octanol–water partition coefficient (Wildman–Crippen LogP) is 4.67. The third-order valence-electron chi connectivity index (χ3n) is 8.41. The van der Waals surface area contributed by atoms with E-state index in [9.17, 15) is 14.0 Å². The SMILES string of the molecule is CC[C@@H]1CN2CC[C@]3(Nc4ccc(-c5ccc(F)cc5)c(OC)c4C3=O)[C@@H]2C[C@@H]1/C(=C\OC)C(=O)OC. The highest BCUT2D eigenvalue weighted by atomic mass is 19.1. The largest absolute Gasteiger partial charge is 0.504 e. The van der Waals surface area contributed by atoms with E-state index in [4.69, 9.17) is 14.2 Å². The molecule has 0 bridgehead atoms. The molecule has 1 spiro atoms. The minimum Gasteiger partial charge on any atom is -0.504 e. The Morgan fingerprint density at radius 3 is 2.59 bits per heavy atom. The molecule has 3 heterocycles. The monoisotopic (exact) mass is 508 g/mol. The summed E-state index contributed by atoms with van der Waals surface area (Å²) in [5.41, 5.74) is 2.48. The van der Waals surface area contributed by atoms with Crippen LogP contribution in [0.2, 0.25) is 0 Å². The fourth-order valence-corrected chi connectivity index (χ4v) is 6.62. The van der Waals surface area contributed by atoms with Gasteiger partial charge in [-0.1, -0.05) is 25.5 Å². The maximum absolute atomic E-state index is 14.3. The zero-order valence-electron chi connectivity index (χ0n) is 21.7. The summed E-state index contributed by atoms with van der Waals surface area (Å²) < 4.78 is 29.7. The fraction of sp³-hybridized carbons (Fsp3) is 0.448. The number of benzene rings is 2. The van der Waals surface area contributed by atoms with Crippen molar-refractivity contribution in [1.29, 1.82) is 0 Å². The van der Waals surface area contributed by atoms with Crippen molar-refractivity contribution < 1.29 is 28.2 Å². The quantitative estimate of drug-likeness (QED) is 0.345. The van der Waals surface area contributed by atoms with Crippen LogP contribution in [0, 0.1) is 17.7 Å². The Morgan fingerprint density at radius 1 is 1.19 bits per heavy atom. The topological polar surface area (TPSA) is 77.1 Å². The Kier molecular flexibility index (Phi) is 6.70. The smallest absolute Gasteiger partial charge is 0.337 e. The van der Waals surface area contributed by atoms with E-state index >= 15 is 0 Å². The third-order valence-corrected chi connectivity index (χ3v) is 8.41. The van der Waals surface area contributed by atoms with Gasteiger partial charge in [-0.05, 0) is 54.5 Å². The molecular weight excluding hydrogens is 475 g/mol. The summed E-state index contributed by atoms with van der Waals surface area (Å²) in [5.74, 6) is -0.0813. The molecule has 2 fully saturated rings. The molecule has 3 aliphatic rings. The molecule has 0 aromatic heterocycles. The molecule has 0 aliphatic carbocycles. The number of hydrogen-bond donors (Lipinski definition) is 1. The number of nitrogens with one attached hydrogen (secondary N) is 1. The van der Waals surface area contributed by atoms with E-state index in [1.165, 1.54) is 32.6 Å². The molecule has 1 N–H and O–H groups in total. The van der Waals surface area contributed by atoms with Crippen molar-refractivity contribution in [3.05, 3.63) is 59.6 Å². The standard InChI is InChI=1S/C29H33FN2O5/c1-5-17-15-32-13-12-29(24(32)14-21(17)22(16-35-2)28(34)37-4)27(33)25-23(31-29)11-10-20(26(25)36-3)18-6-8-19(30)9-7-18/h6-11,16-17,21,24,31H,5,12-15H2,1-4H3/b22-16+/t17-,21+,24+,29+/m1/s1. The van der Waals surface area contributed by atoms with Gasteiger partial charge in [0.15, 0.2) is 5.78 Å². The van der Waals surface area contributed by atoms with Crippen molar-refractivity contribution in [1.82, 2.24) is 4.90 Å². The summed E-state index contributed by atoms with van der Waals surface area (Å²) in [6, 6.07) is 9.88. The maximum atomic E-state index is 14.3. The summed E-state index contributed by atoms with van der Waals surface area (Å²) >= 11 is 0. The molecule has 0 saturated carbocycles. The van der Waals surface area contributed by atoms with Gasteiger partial charge in [-0.3, -0.25) is 9.69 Å². The van der Waals surface area contributed by atoms with Crippen LogP contribution in [0.1, 0.15) is 36.5 Å². The number of hydrogen-bond acceptors (Lipinski definition) is 7. The van der Waals surface area contributed by atoms with Gasteiger partial charge in [-0.15, -0.1) is 0 Å². The van der Waals surface area contributed by atoms with Crippen molar-refractivity contribution in [2.45, 2.75) is 37.8 Å². The number of rotatable bonds is 6. The number of methoxy groups -OCH3 is 3. The first-order valence-electron chi connectivity index (χ1n) is 12.7. The van der Waals surface area contributed by atoms with Crippen molar-refractivity contribution in [2.75, 3.05) is 39.7 Å². The third kappa shape index (κ3) is 3.98. The molecule has 37 heavy (non-hydrogen) atoms. The van der Waals surface area contributed by atoms with Crippen LogP contribution < -0.4 is 10.1 Å². The van der Waals surface area contributed by atoms with Gasteiger partial charge in [0, 0.05) is 30.4 Å². The van der Waals surface area contributed by atoms with E-state index in [1.807, 2.05) is 12.1 Å². The number of anilines is 1. The predicted molar refractivity (Wildman–Crippen MR) is 138 cm³/mol. The summed E-state index contributed by atoms with van der Waals surface area (Å²) in [7, 11) is 4.46. The van der Waals surface area contributed by atoms with Crippen LogP contribution in [-0.4, -0.2) is 62.7 Å². The lowest BCUT2D eigenvalue weighted by atomic mass is 9.72. The lowest BCUT2D eigenvalue weighted by Gasteiger charge is -2.45. The summed E-state index contributed by atoms with van der Waals surface area (Å²) in [6.45, 7) is 3.70. The van der Waals surface area contributed by atoms with Crippen LogP contribution in [0.4, 0.5) is 10.1 Å². The second kappa shape index (κ2) is 9.82. The first kappa shape index (κ1) is 25.3. The van der Waals surface area contributed by atoms with Gasteiger partial charge < -0.3 is 19.5 Å². The number of ketones is 1. The van der Waals surface area contributed by atoms with Crippen LogP contribution >= 0.6 is 0 Å². The number of carbonyl (C=O) groups is 2. The molecule has 3 aliphatic heterocycles. The number of fused-ring (bicyclic) bond motifs is 3. The Labute approximate surface area is 216 Å². The summed E-state index contributed by atoms with van der Waals surface area (Å²) in [6.07, 6.45) is 3.68. The number of halogens is 1. The molecule has 2 aromatic rings. The summed E-state index contributed by atoms with van der Waals surface area (Å²) in [5, 5.41) is 3.59. The normalized spacial score (nSPS) is 27.0. The second-order valence-corrected chi connectivity index (χ2v) is 10.1. The minimum atomic E-state index is -0.817. The fourth-order valence-electron chi connectivity index (χ4n) is 6.62. The minimum absolute atomic E-state index is 0.000140. The van der Waals surface area contributed by atoms with Crippen LogP contribution in [0.25, 0.3) is 11.1 Å². The van der Waals surface area contributed by atoms with Gasteiger partial charge in [-0.25, -0.2) is 9.18 Å². The number of carbonyl (C=O) groups excluding carboxylic acids is 2. The molecule has 0 unspecified atom stereocenters. The lowest BCUT2D eigenvalue weighted by Crippen LogP contribution is -2.57. The van der Waals surface area contributed by atoms with Crippen molar-refractivity contribution in [3.8, 4) is 16.9 Å². The lowest BCUT2D eigenvalue weighted by molar-refractivity contribution is -0.137. The first-order chi connectivity index (χ1) is 17.9. The molecule has 2 saturated heterocycles.